The van der Waals surface area contributed by atoms with Crippen molar-refractivity contribution in [1.29, 1.82) is 0 Å². The van der Waals surface area contributed by atoms with Gasteiger partial charge < -0.3 is 15.4 Å². The van der Waals surface area contributed by atoms with Crippen LogP contribution in [0.5, 0.6) is 0 Å². The third kappa shape index (κ3) is 3.47. The summed E-state index contributed by atoms with van der Waals surface area (Å²) in [6, 6.07) is 7.40. The zero-order chi connectivity index (χ0) is 12.8. The van der Waals surface area contributed by atoms with Crippen molar-refractivity contribution in [1.82, 2.24) is 5.32 Å². The summed E-state index contributed by atoms with van der Waals surface area (Å²) < 4.78 is 4.66. The Bertz CT molecular complexity index is 383. The van der Waals surface area contributed by atoms with E-state index in [2.05, 4.69) is 15.4 Å². The van der Waals surface area contributed by atoms with Gasteiger partial charge >= 0.3 is 5.97 Å². The zero-order valence-electron chi connectivity index (χ0n) is 10.7. The Balaban J connectivity index is 1.77. The second kappa shape index (κ2) is 6.40. The number of nitrogens with one attached hydrogen (secondary N) is 2. The van der Waals surface area contributed by atoms with Gasteiger partial charge in [-0.2, -0.15) is 0 Å². The van der Waals surface area contributed by atoms with E-state index in [0.717, 1.165) is 31.2 Å². The summed E-state index contributed by atoms with van der Waals surface area (Å²) >= 11 is 0. The van der Waals surface area contributed by atoms with Crippen molar-refractivity contribution >= 4 is 11.7 Å². The van der Waals surface area contributed by atoms with Crippen LogP contribution in [0.15, 0.2) is 24.3 Å². The van der Waals surface area contributed by atoms with Gasteiger partial charge in [0.2, 0.25) is 0 Å². The molecule has 1 atom stereocenters. The van der Waals surface area contributed by atoms with Crippen molar-refractivity contribution in [2.45, 2.75) is 12.8 Å². The summed E-state index contributed by atoms with van der Waals surface area (Å²) in [7, 11) is 1.39. The van der Waals surface area contributed by atoms with Crippen molar-refractivity contribution in [3.63, 3.8) is 0 Å². The minimum absolute atomic E-state index is 0.293. The van der Waals surface area contributed by atoms with Crippen LogP contribution in [0.1, 0.15) is 23.2 Å². The van der Waals surface area contributed by atoms with Crippen LogP contribution in [0.4, 0.5) is 5.69 Å². The molecule has 1 aliphatic heterocycles. The molecule has 0 spiro atoms. The molecule has 4 heteroatoms. The lowest BCUT2D eigenvalue weighted by Gasteiger charge is -2.10. The summed E-state index contributed by atoms with van der Waals surface area (Å²) in [6.07, 6.45) is 2.47. The highest BCUT2D eigenvalue weighted by molar-refractivity contribution is 5.89. The maximum Gasteiger partial charge on any atom is 0.337 e. The van der Waals surface area contributed by atoms with E-state index in [4.69, 9.17) is 0 Å². The van der Waals surface area contributed by atoms with Gasteiger partial charge in [0, 0.05) is 12.2 Å². The predicted octanol–water partition coefficient (Wildman–Crippen LogP) is 1.88. The molecule has 1 saturated heterocycles. The minimum atomic E-state index is -0.293. The van der Waals surface area contributed by atoms with E-state index in [0.29, 0.717) is 5.56 Å². The lowest BCUT2D eigenvalue weighted by atomic mass is 10.1. The largest absolute Gasteiger partial charge is 0.465 e. The number of hydrogen-bond donors (Lipinski definition) is 2. The molecule has 2 N–H and O–H groups in total. The number of anilines is 1. The van der Waals surface area contributed by atoms with Gasteiger partial charge in [0.15, 0.2) is 0 Å². The molecule has 0 aromatic heterocycles. The second-order valence-corrected chi connectivity index (χ2v) is 4.64. The minimum Gasteiger partial charge on any atom is -0.465 e. The fourth-order valence-corrected chi connectivity index (χ4v) is 2.22. The number of carbonyl (C=O) groups excluding carboxylic acids is 1. The maximum atomic E-state index is 11.3. The molecule has 1 aromatic rings. The van der Waals surface area contributed by atoms with Crippen LogP contribution in [-0.4, -0.2) is 32.7 Å². The maximum absolute atomic E-state index is 11.3. The molecule has 1 aliphatic rings. The first-order valence-corrected chi connectivity index (χ1v) is 6.42. The molecule has 0 amide bonds. The number of esters is 1. The lowest BCUT2D eigenvalue weighted by Crippen LogP contribution is -2.12. The topological polar surface area (TPSA) is 50.4 Å². The third-order valence-electron chi connectivity index (χ3n) is 3.35. The molecule has 0 bridgehead atoms. The van der Waals surface area contributed by atoms with E-state index in [1.54, 1.807) is 12.1 Å². The highest BCUT2D eigenvalue weighted by Gasteiger charge is 2.13. The quantitative estimate of drug-likeness (QED) is 0.781. The molecular weight excluding hydrogens is 228 g/mol. The van der Waals surface area contributed by atoms with Gasteiger partial charge in [-0.05, 0) is 56.1 Å². The van der Waals surface area contributed by atoms with Crippen molar-refractivity contribution in [2.24, 2.45) is 5.92 Å². The Kier molecular flexibility index (Phi) is 4.59. The van der Waals surface area contributed by atoms with E-state index in [9.17, 15) is 4.79 Å². The van der Waals surface area contributed by atoms with Gasteiger partial charge in [-0.25, -0.2) is 4.79 Å². The SMILES string of the molecule is COC(=O)c1ccc(NCCC2CCNC2)cc1. The second-order valence-electron chi connectivity index (χ2n) is 4.64. The fraction of sp³-hybridized carbons (Fsp3) is 0.500. The highest BCUT2D eigenvalue weighted by Crippen LogP contribution is 2.14. The van der Waals surface area contributed by atoms with Gasteiger partial charge in [0.25, 0.3) is 0 Å². The zero-order valence-corrected chi connectivity index (χ0v) is 10.7. The molecule has 0 aliphatic carbocycles. The van der Waals surface area contributed by atoms with Crippen LogP contribution in [0.2, 0.25) is 0 Å². The average molecular weight is 248 g/mol. The first kappa shape index (κ1) is 12.9. The van der Waals surface area contributed by atoms with Crippen LogP contribution in [0.3, 0.4) is 0 Å². The molecule has 4 nitrogen and oxygen atoms in total. The molecular formula is C14H20N2O2. The normalized spacial score (nSPS) is 18.6. The van der Waals surface area contributed by atoms with E-state index in [-0.39, 0.29) is 5.97 Å². The summed E-state index contributed by atoms with van der Waals surface area (Å²) in [5.74, 6) is 0.505. The van der Waals surface area contributed by atoms with Crippen LogP contribution in [-0.2, 0) is 4.74 Å². The summed E-state index contributed by atoms with van der Waals surface area (Å²) in [5.41, 5.74) is 1.64. The smallest absolute Gasteiger partial charge is 0.337 e. The molecule has 0 radical (unpaired) electrons. The average Bonchev–Trinajstić information content (AvgIpc) is 2.92. The Morgan fingerprint density at radius 1 is 1.44 bits per heavy atom. The van der Waals surface area contributed by atoms with Gasteiger partial charge in [-0.1, -0.05) is 0 Å². The lowest BCUT2D eigenvalue weighted by molar-refractivity contribution is 0.0601. The molecule has 18 heavy (non-hydrogen) atoms. The summed E-state index contributed by atoms with van der Waals surface area (Å²) in [6.45, 7) is 3.27. The number of methoxy groups -OCH3 is 1. The number of carbonyl (C=O) groups is 1. The van der Waals surface area contributed by atoms with Gasteiger partial charge in [0.05, 0.1) is 12.7 Å². The van der Waals surface area contributed by atoms with E-state index in [1.807, 2.05) is 12.1 Å². The summed E-state index contributed by atoms with van der Waals surface area (Å²) in [5, 5.41) is 6.74. The molecule has 98 valence electrons. The fourth-order valence-electron chi connectivity index (χ4n) is 2.22. The predicted molar refractivity (Wildman–Crippen MR) is 71.9 cm³/mol. The Labute approximate surface area is 108 Å². The molecule has 1 heterocycles. The Morgan fingerprint density at radius 2 is 2.22 bits per heavy atom. The standard InChI is InChI=1S/C14H20N2O2/c1-18-14(17)12-2-4-13(5-3-12)16-9-7-11-6-8-15-10-11/h2-5,11,15-16H,6-10H2,1H3. The third-order valence-corrected chi connectivity index (χ3v) is 3.35. The van der Waals surface area contributed by atoms with Crippen LogP contribution in [0.25, 0.3) is 0 Å². The van der Waals surface area contributed by atoms with Gasteiger partial charge in [-0.15, -0.1) is 0 Å². The highest BCUT2D eigenvalue weighted by atomic mass is 16.5. The van der Waals surface area contributed by atoms with E-state index >= 15 is 0 Å². The van der Waals surface area contributed by atoms with E-state index < -0.39 is 0 Å². The number of ether oxygens (including phenoxy) is 1. The first-order valence-electron chi connectivity index (χ1n) is 6.42. The Morgan fingerprint density at radius 3 is 2.83 bits per heavy atom. The van der Waals surface area contributed by atoms with Crippen molar-refractivity contribution in [2.75, 3.05) is 32.1 Å². The van der Waals surface area contributed by atoms with Crippen LogP contribution in [0, 0.1) is 5.92 Å². The van der Waals surface area contributed by atoms with Crippen LogP contribution >= 0.6 is 0 Å². The van der Waals surface area contributed by atoms with E-state index in [1.165, 1.54) is 20.0 Å². The molecule has 2 rings (SSSR count). The number of benzene rings is 1. The molecule has 0 saturated carbocycles. The summed E-state index contributed by atoms with van der Waals surface area (Å²) in [4.78, 5) is 11.3. The Hall–Kier alpha value is -1.55. The van der Waals surface area contributed by atoms with Gasteiger partial charge in [0.1, 0.15) is 0 Å². The first-order chi connectivity index (χ1) is 8.79. The molecule has 1 aromatic carbocycles. The van der Waals surface area contributed by atoms with Crippen molar-refractivity contribution in [3.8, 4) is 0 Å². The van der Waals surface area contributed by atoms with Crippen molar-refractivity contribution in [3.05, 3.63) is 29.8 Å². The monoisotopic (exact) mass is 248 g/mol. The van der Waals surface area contributed by atoms with Crippen LogP contribution < -0.4 is 10.6 Å². The molecule has 1 fully saturated rings. The molecule has 1 unspecified atom stereocenters. The van der Waals surface area contributed by atoms with Gasteiger partial charge in [-0.3, -0.25) is 0 Å². The number of hydrogen-bond acceptors (Lipinski definition) is 4. The van der Waals surface area contributed by atoms with Crippen molar-refractivity contribution < 1.29 is 9.53 Å². The number of rotatable bonds is 5.